The number of carbonyl (C=O) groups is 3. The highest BCUT2D eigenvalue weighted by molar-refractivity contribution is 6.80. The summed E-state index contributed by atoms with van der Waals surface area (Å²) in [4.78, 5) is 38.2. The highest BCUT2D eigenvalue weighted by atomic mass is 28.3. The molecule has 7 nitrogen and oxygen atoms in total. The topological polar surface area (TPSA) is 84.9 Å². The minimum atomic E-state index is -1.24. The molecule has 176 valence electrons. The Labute approximate surface area is 192 Å². The van der Waals surface area contributed by atoms with Gasteiger partial charge < -0.3 is 19.7 Å². The van der Waals surface area contributed by atoms with Gasteiger partial charge in [-0.25, -0.2) is 4.79 Å². The Morgan fingerprint density at radius 3 is 2.50 bits per heavy atom. The molecule has 32 heavy (non-hydrogen) atoms. The van der Waals surface area contributed by atoms with Crippen molar-refractivity contribution in [3.8, 4) is 0 Å². The predicted octanol–water partition coefficient (Wildman–Crippen LogP) is 3.76. The maximum atomic E-state index is 12.8. The van der Waals surface area contributed by atoms with Crippen LogP contribution in [0.4, 0.5) is 4.79 Å². The van der Waals surface area contributed by atoms with Gasteiger partial charge in [0.1, 0.15) is 6.61 Å². The van der Waals surface area contributed by atoms with Crippen molar-refractivity contribution in [2.75, 3.05) is 26.2 Å². The first kappa shape index (κ1) is 25.6. The summed E-state index contributed by atoms with van der Waals surface area (Å²) in [6, 6.07) is 9.45. The van der Waals surface area contributed by atoms with Crippen LogP contribution in [0, 0.1) is 11.8 Å². The number of likely N-dealkylation sites (tertiary alicyclic amines) is 1. The number of piperidine rings is 1. The Balaban J connectivity index is 1.93. The zero-order valence-corrected chi connectivity index (χ0v) is 20.6. The fraction of sp³-hybridized carbons (Fsp3) is 0.542. The SMILES string of the molecule is CC(=O)OC[C@H]1C[C@@H](C(=O)NCC/C=C\[Si](C)(C)C)CN(C(=O)OCc2ccccc2)C1. The van der Waals surface area contributed by atoms with Crippen LogP contribution in [0.15, 0.2) is 42.1 Å². The summed E-state index contributed by atoms with van der Waals surface area (Å²) in [6.07, 6.45) is 3.01. The fourth-order valence-corrected chi connectivity index (χ4v) is 4.44. The molecular formula is C24H36N2O5Si. The summed E-state index contributed by atoms with van der Waals surface area (Å²) in [5.74, 6) is -0.933. The third kappa shape index (κ3) is 9.68. The van der Waals surface area contributed by atoms with Gasteiger partial charge in [-0.1, -0.05) is 61.7 Å². The van der Waals surface area contributed by atoms with Crippen LogP contribution in [0.1, 0.15) is 25.3 Å². The van der Waals surface area contributed by atoms with E-state index in [1.807, 2.05) is 30.3 Å². The molecule has 2 atom stereocenters. The predicted molar refractivity (Wildman–Crippen MR) is 127 cm³/mol. The number of amides is 2. The van der Waals surface area contributed by atoms with Crippen LogP contribution in [0.25, 0.3) is 0 Å². The van der Waals surface area contributed by atoms with Gasteiger partial charge in [-0.3, -0.25) is 9.59 Å². The zero-order valence-electron chi connectivity index (χ0n) is 19.6. The van der Waals surface area contributed by atoms with Crippen LogP contribution in [0.2, 0.25) is 19.6 Å². The van der Waals surface area contributed by atoms with Gasteiger partial charge in [0.25, 0.3) is 0 Å². The van der Waals surface area contributed by atoms with Crippen LogP contribution >= 0.6 is 0 Å². The van der Waals surface area contributed by atoms with E-state index in [1.54, 1.807) is 4.90 Å². The Morgan fingerprint density at radius 1 is 1.12 bits per heavy atom. The Kier molecular flexibility index (Phi) is 9.96. The van der Waals surface area contributed by atoms with Crippen LogP contribution in [0.5, 0.6) is 0 Å². The molecule has 0 unspecified atom stereocenters. The number of benzene rings is 1. The van der Waals surface area contributed by atoms with Gasteiger partial charge in [-0.2, -0.15) is 0 Å². The van der Waals surface area contributed by atoms with Gasteiger partial charge in [0.15, 0.2) is 0 Å². The van der Waals surface area contributed by atoms with Gasteiger partial charge in [-0.15, -0.1) is 0 Å². The molecule has 0 aromatic heterocycles. The second kappa shape index (κ2) is 12.4. The molecule has 1 N–H and O–H groups in total. The largest absolute Gasteiger partial charge is 0.466 e. The highest BCUT2D eigenvalue weighted by Crippen LogP contribution is 2.24. The molecule has 2 amide bonds. The van der Waals surface area contributed by atoms with Crippen LogP contribution in [0.3, 0.4) is 0 Å². The van der Waals surface area contributed by atoms with Gasteiger partial charge in [0.05, 0.1) is 20.6 Å². The number of nitrogens with zero attached hydrogens (tertiary/aromatic N) is 1. The molecule has 1 aliphatic heterocycles. The summed E-state index contributed by atoms with van der Waals surface area (Å²) >= 11 is 0. The first-order valence-corrected chi connectivity index (χ1v) is 14.8. The minimum Gasteiger partial charge on any atom is -0.466 e. The van der Waals surface area contributed by atoms with E-state index in [9.17, 15) is 14.4 Å². The van der Waals surface area contributed by atoms with Crippen molar-refractivity contribution >= 4 is 26.0 Å². The van der Waals surface area contributed by atoms with E-state index in [0.29, 0.717) is 26.1 Å². The van der Waals surface area contributed by atoms with Crippen molar-refractivity contribution in [3.05, 3.63) is 47.7 Å². The lowest BCUT2D eigenvalue weighted by Crippen LogP contribution is -2.49. The van der Waals surface area contributed by atoms with Crippen LogP contribution in [-0.4, -0.2) is 57.2 Å². The monoisotopic (exact) mass is 460 g/mol. The summed E-state index contributed by atoms with van der Waals surface area (Å²) in [5.41, 5.74) is 3.16. The van der Waals surface area contributed by atoms with E-state index < -0.39 is 14.2 Å². The molecule has 0 bridgehead atoms. The van der Waals surface area contributed by atoms with E-state index in [-0.39, 0.29) is 36.9 Å². The molecule has 1 saturated heterocycles. The van der Waals surface area contributed by atoms with Crippen molar-refractivity contribution < 1.29 is 23.9 Å². The van der Waals surface area contributed by atoms with E-state index in [1.165, 1.54) is 6.92 Å². The molecule has 1 aromatic rings. The maximum Gasteiger partial charge on any atom is 0.410 e. The average Bonchev–Trinajstić information content (AvgIpc) is 2.75. The Morgan fingerprint density at radius 2 is 1.84 bits per heavy atom. The zero-order chi connectivity index (χ0) is 23.6. The Bertz CT molecular complexity index is 791. The third-order valence-electron chi connectivity index (χ3n) is 5.12. The smallest absolute Gasteiger partial charge is 0.410 e. The molecule has 8 heteroatoms. The molecule has 0 radical (unpaired) electrons. The van der Waals surface area contributed by atoms with Gasteiger partial charge in [0.2, 0.25) is 5.91 Å². The number of ether oxygens (including phenoxy) is 2. The second-order valence-corrected chi connectivity index (χ2v) is 14.5. The lowest BCUT2D eigenvalue weighted by atomic mass is 9.89. The number of hydrogen-bond acceptors (Lipinski definition) is 5. The number of carbonyl (C=O) groups excluding carboxylic acids is 3. The van der Waals surface area contributed by atoms with Crippen molar-refractivity contribution in [3.63, 3.8) is 0 Å². The number of esters is 1. The van der Waals surface area contributed by atoms with E-state index in [2.05, 4.69) is 36.7 Å². The van der Waals surface area contributed by atoms with E-state index in [0.717, 1.165) is 12.0 Å². The van der Waals surface area contributed by atoms with Crippen LogP contribution < -0.4 is 5.32 Å². The lowest BCUT2D eigenvalue weighted by Gasteiger charge is -2.36. The van der Waals surface area contributed by atoms with Gasteiger partial charge in [-0.05, 0) is 18.4 Å². The normalized spacial score (nSPS) is 18.9. The molecule has 0 saturated carbocycles. The molecular weight excluding hydrogens is 424 g/mol. The summed E-state index contributed by atoms with van der Waals surface area (Å²) in [6.45, 7) is 9.74. The average molecular weight is 461 g/mol. The summed E-state index contributed by atoms with van der Waals surface area (Å²) in [7, 11) is -1.24. The quantitative estimate of drug-likeness (QED) is 0.345. The lowest BCUT2D eigenvalue weighted by molar-refractivity contribution is -0.143. The minimum absolute atomic E-state index is 0.0835. The van der Waals surface area contributed by atoms with Gasteiger partial charge >= 0.3 is 12.1 Å². The van der Waals surface area contributed by atoms with Crippen molar-refractivity contribution in [1.82, 2.24) is 10.2 Å². The summed E-state index contributed by atoms with van der Waals surface area (Å²) < 4.78 is 10.6. The van der Waals surface area contributed by atoms with Gasteiger partial charge in [0, 0.05) is 32.5 Å². The number of hydrogen-bond donors (Lipinski definition) is 1. The third-order valence-corrected chi connectivity index (χ3v) is 6.36. The fourth-order valence-electron chi connectivity index (χ4n) is 3.57. The van der Waals surface area contributed by atoms with Crippen molar-refractivity contribution in [2.45, 2.75) is 46.0 Å². The number of nitrogens with one attached hydrogen (secondary N) is 1. The van der Waals surface area contributed by atoms with E-state index in [4.69, 9.17) is 9.47 Å². The van der Waals surface area contributed by atoms with Crippen molar-refractivity contribution in [2.24, 2.45) is 11.8 Å². The molecule has 2 rings (SSSR count). The Hall–Kier alpha value is -2.61. The highest BCUT2D eigenvalue weighted by Gasteiger charge is 2.35. The summed E-state index contributed by atoms with van der Waals surface area (Å²) in [5, 5.41) is 2.98. The molecule has 0 aliphatic carbocycles. The van der Waals surface area contributed by atoms with E-state index >= 15 is 0 Å². The number of rotatable bonds is 9. The molecule has 0 spiro atoms. The molecule has 1 heterocycles. The maximum absolute atomic E-state index is 12.8. The van der Waals surface area contributed by atoms with Crippen molar-refractivity contribution in [1.29, 1.82) is 0 Å². The first-order chi connectivity index (χ1) is 15.1. The molecule has 1 aromatic carbocycles. The van der Waals surface area contributed by atoms with Crippen LogP contribution in [-0.2, 0) is 25.7 Å². The second-order valence-electron chi connectivity index (χ2n) is 9.39. The molecule has 1 aliphatic rings. The molecule has 1 fully saturated rings. The first-order valence-electron chi connectivity index (χ1n) is 11.2. The standard InChI is InChI=1S/C24H36N2O5Si/c1-19(27)30-18-21-14-22(23(28)25-12-8-9-13-32(2,3)4)16-26(15-21)24(29)31-17-20-10-6-5-7-11-20/h5-7,9-11,13,21-22H,8,12,14-18H2,1-4H3,(H,25,28)/b13-9-/t21-,22+/m0/s1.